The van der Waals surface area contributed by atoms with E-state index in [1.807, 2.05) is 19.2 Å². The lowest BCUT2D eigenvalue weighted by Crippen LogP contribution is -2.72. The highest BCUT2D eigenvalue weighted by molar-refractivity contribution is 7.12. The summed E-state index contributed by atoms with van der Waals surface area (Å²) >= 11 is 1.21. The molecule has 0 saturated carbocycles. The molecule has 0 atom stereocenters. The third-order valence-electron chi connectivity index (χ3n) is 2.10. The van der Waals surface area contributed by atoms with E-state index in [9.17, 15) is 4.79 Å². The SMILES string of the molecule is CC[NH+]=C(C(C)=CN)c1csc(C(=O)O)c1. The molecule has 0 unspecified atom stereocenters. The van der Waals surface area contributed by atoms with Crippen LogP contribution in [0.5, 0.6) is 0 Å². The Hall–Kier alpha value is -1.62. The predicted molar refractivity (Wildman–Crippen MR) is 64.8 cm³/mol. The summed E-state index contributed by atoms with van der Waals surface area (Å²) in [5.41, 5.74) is 8.12. The van der Waals surface area contributed by atoms with E-state index in [2.05, 4.69) is 4.99 Å². The second-order valence-electron chi connectivity index (χ2n) is 3.26. The van der Waals surface area contributed by atoms with E-state index in [4.69, 9.17) is 10.8 Å². The minimum Gasteiger partial charge on any atom is -0.477 e. The van der Waals surface area contributed by atoms with Gasteiger partial charge in [-0.2, -0.15) is 0 Å². The van der Waals surface area contributed by atoms with Gasteiger partial charge in [0.2, 0.25) is 5.71 Å². The van der Waals surface area contributed by atoms with Gasteiger partial charge in [-0.1, -0.05) is 0 Å². The smallest absolute Gasteiger partial charge is 0.345 e. The molecule has 0 aliphatic carbocycles. The van der Waals surface area contributed by atoms with Gasteiger partial charge in [-0.05, 0) is 19.9 Å². The molecule has 1 aromatic rings. The van der Waals surface area contributed by atoms with Crippen LogP contribution in [0.2, 0.25) is 0 Å². The zero-order chi connectivity index (χ0) is 12.1. The number of allylic oxidation sites excluding steroid dienone is 1. The molecule has 4 N–H and O–H groups in total. The van der Waals surface area contributed by atoms with Gasteiger partial charge in [-0.25, -0.2) is 9.79 Å². The van der Waals surface area contributed by atoms with Gasteiger partial charge in [-0.3, -0.25) is 0 Å². The average molecular weight is 239 g/mol. The van der Waals surface area contributed by atoms with Crippen LogP contribution in [0, 0.1) is 0 Å². The Balaban J connectivity index is 3.12. The summed E-state index contributed by atoms with van der Waals surface area (Å²) in [6.07, 6.45) is 1.51. The average Bonchev–Trinajstić information content (AvgIpc) is 2.74. The summed E-state index contributed by atoms with van der Waals surface area (Å²) in [5, 5.41) is 10.7. The molecule has 5 heteroatoms. The number of hydrogen-bond acceptors (Lipinski definition) is 3. The van der Waals surface area contributed by atoms with E-state index < -0.39 is 5.97 Å². The van der Waals surface area contributed by atoms with Crippen molar-refractivity contribution >= 4 is 23.0 Å². The van der Waals surface area contributed by atoms with Gasteiger partial charge < -0.3 is 10.8 Å². The summed E-state index contributed by atoms with van der Waals surface area (Å²) in [5.74, 6) is -0.901. The zero-order valence-electron chi connectivity index (χ0n) is 9.28. The Bertz CT molecular complexity index is 447. The maximum Gasteiger partial charge on any atom is 0.345 e. The molecular formula is C11H15N2O2S+. The number of rotatable bonds is 4. The molecule has 0 bridgehead atoms. The fourth-order valence-electron chi connectivity index (χ4n) is 1.31. The van der Waals surface area contributed by atoms with Crippen molar-refractivity contribution in [1.29, 1.82) is 0 Å². The van der Waals surface area contributed by atoms with Crippen LogP contribution in [-0.2, 0) is 0 Å². The van der Waals surface area contributed by atoms with Gasteiger partial charge in [0.25, 0.3) is 0 Å². The minimum atomic E-state index is -0.901. The maximum absolute atomic E-state index is 10.8. The highest BCUT2D eigenvalue weighted by atomic mass is 32.1. The molecule has 0 aromatic carbocycles. The second-order valence-corrected chi connectivity index (χ2v) is 4.17. The van der Waals surface area contributed by atoms with Crippen molar-refractivity contribution in [2.75, 3.05) is 6.54 Å². The molecule has 1 aromatic heterocycles. The first-order valence-electron chi connectivity index (χ1n) is 4.92. The van der Waals surface area contributed by atoms with E-state index in [1.165, 1.54) is 17.5 Å². The van der Waals surface area contributed by atoms with Crippen molar-refractivity contribution in [3.8, 4) is 0 Å². The number of aromatic carboxylic acids is 1. The second kappa shape index (κ2) is 5.46. The largest absolute Gasteiger partial charge is 0.477 e. The van der Waals surface area contributed by atoms with Crippen molar-refractivity contribution < 1.29 is 14.9 Å². The number of hydrogen-bond donors (Lipinski definition) is 3. The predicted octanol–water partition coefficient (Wildman–Crippen LogP) is 0.198. The lowest BCUT2D eigenvalue weighted by atomic mass is 10.1. The van der Waals surface area contributed by atoms with Gasteiger partial charge in [0, 0.05) is 17.2 Å². The number of carboxylic acids is 1. The van der Waals surface area contributed by atoms with Crippen LogP contribution in [0.1, 0.15) is 29.1 Å². The van der Waals surface area contributed by atoms with Gasteiger partial charge in [0.05, 0.1) is 5.56 Å². The molecule has 86 valence electrons. The Labute approximate surface area is 98.1 Å². The van der Waals surface area contributed by atoms with Crippen LogP contribution in [0.25, 0.3) is 0 Å². The van der Waals surface area contributed by atoms with Gasteiger partial charge >= 0.3 is 5.97 Å². The van der Waals surface area contributed by atoms with Crippen LogP contribution in [0.4, 0.5) is 0 Å². The summed E-state index contributed by atoms with van der Waals surface area (Å²) in [7, 11) is 0. The zero-order valence-corrected chi connectivity index (χ0v) is 10.1. The van der Waals surface area contributed by atoms with Crippen LogP contribution in [-0.4, -0.2) is 23.3 Å². The molecule has 0 amide bonds. The normalized spacial score (nSPS) is 12.9. The van der Waals surface area contributed by atoms with Crippen LogP contribution in [0.3, 0.4) is 0 Å². The summed E-state index contributed by atoms with van der Waals surface area (Å²) in [4.78, 5) is 14.3. The Kier molecular flexibility index (Phi) is 4.25. The van der Waals surface area contributed by atoms with Crippen LogP contribution < -0.4 is 10.7 Å². The number of carboxylic acid groups (broad SMARTS) is 1. The van der Waals surface area contributed by atoms with Crippen molar-refractivity contribution in [3.63, 3.8) is 0 Å². The van der Waals surface area contributed by atoms with Gasteiger partial charge in [0.15, 0.2) is 0 Å². The van der Waals surface area contributed by atoms with Gasteiger partial charge in [-0.15, -0.1) is 11.3 Å². The quantitative estimate of drug-likeness (QED) is 0.657. The minimum absolute atomic E-state index is 0.329. The number of thiophene rings is 1. The molecule has 0 aliphatic heterocycles. The lowest BCUT2D eigenvalue weighted by Gasteiger charge is -1.96. The first-order chi connectivity index (χ1) is 7.60. The maximum atomic E-state index is 10.8. The van der Waals surface area contributed by atoms with Gasteiger partial charge in [0.1, 0.15) is 11.4 Å². The van der Waals surface area contributed by atoms with E-state index in [1.54, 1.807) is 6.07 Å². The highest BCUT2D eigenvalue weighted by Gasteiger charge is 2.16. The molecule has 1 heterocycles. The van der Waals surface area contributed by atoms with E-state index in [-0.39, 0.29) is 0 Å². The monoisotopic (exact) mass is 239 g/mol. The van der Waals surface area contributed by atoms with Crippen molar-refractivity contribution in [1.82, 2.24) is 0 Å². The van der Waals surface area contributed by atoms with E-state index >= 15 is 0 Å². The van der Waals surface area contributed by atoms with E-state index in [0.29, 0.717) is 4.88 Å². The summed E-state index contributed by atoms with van der Waals surface area (Å²) in [6, 6.07) is 1.65. The fraction of sp³-hybridized carbons (Fsp3) is 0.273. The molecule has 0 spiro atoms. The highest BCUT2D eigenvalue weighted by Crippen LogP contribution is 2.16. The lowest BCUT2D eigenvalue weighted by molar-refractivity contribution is -0.451. The van der Waals surface area contributed by atoms with Crippen LogP contribution in [0.15, 0.2) is 23.2 Å². The molecule has 0 aliphatic rings. The molecule has 16 heavy (non-hydrogen) atoms. The van der Waals surface area contributed by atoms with E-state index in [0.717, 1.165) is 23.4 Å². The Morgan fingerprint density at radius 2 is 2.38 bits per heavy atom. The first kappa shape index (κ1) is 12.4. The molecule has 0 radical (unpaired) electrons. The fourth-order valence-corrected chi connectivity index (χ4v) is 2.04. The topological polar surface area (TPSA) is 77.3 Å². The molecule has 4 nitrogen and oxygen atoms in total. The number of carbonyl (C=O) groups is 1. The van der Waals surface area contributed by atoms with Crippen molar-refractivity contribution in [2.24, 2.45) is 5.73 Å². The molecule has 0 fully saturated rings. The Morgan fingerprint density at radius 3 is 2.81 bits per heavy atom. The van der Waals surface area contributed by atoms with Crippen LogP contribution >= 0.6 is 11.3 Å². The number of nitrogens with two attached hydrogens (primary N) is 1. The number of nitrogens with one attached hydrogen (secondary N) is 1. The molecule has 1 rings (SSSR count). The third kappa shape index (κ3) is 2.70. The molecule has 0 saturated heterocycles. The summed E-state index contributed by atoms with van der Waals surface area (Å²) in [6.45, 7) is 4.63. The molecular weight excluding hydrogens is 224 g/mol. The summed E-state index contributed by atoms with van der Waals surface area (Å²) < 4.78 is 0. The Morgan fingerprint density at radius 1 is 1.69 bits per heavy atom. The van der Waals surface area contributed by atoms with Crippen molar-refractivity contribution in [2.45, 2.75) is 13.8 Å². The third-order valence-corrected chi connectivity index (χ3v) is 3.01. The van der Waals surface area contributed by atoms with Crippen molar-refractivity contribution in [3.05, 3.63) is 33.7 Å². The first-order valence-corrected chi connectivity index (χ1v) is 5.80. The standard InChI is InChI=1S/C11H14N2O2S/c1-3-13-10(7(2)5-12)8-4-9(11(14)15)16-6-8/h4-6H,3,12H2,1-2H3,(H,14,15)/p+1.